The largest absolute Gasteiger partial charge is 0.456 e. The van der Waals surface area contributed by atoms with Crippen molar-refractivity contribution < 1.29 is 14.3 Å². The molecule has 11 heteroatoms. The van der Waals surface area contributed by atoms with E-state index in [0.717, 1.165) is 31.5 Å². The highest BCUT2D eigenvalue weighted by atomic mass is 79.9. The lowest BCUT2D eigenvalue weighted by atomic mass is 10.2. The fraction of sp³-hybridized carbons (Fsp3) is 0.0909. The van der Waals surface area contributed by atoms with E-state index in [4.69, 9.17) is 5.73 Å². The Balaban J connectivity index is 0.000000203. The summed E-state index contributed by atoms with van der Waals surface area (Å²) in [6, 6.07) is 15.7. The molecule has 1 amide bonds. The summed E-state index contributed by atoms with van der Waals surface area (Å²) in [4.78, 5) is 30.6. The van der Waals surface area contributed by atoms with Crippen LogP contribution >= 0.6 is 54.5 Å². The van der Waals surface area contributed by atoms with Crippen molar-refractivity contribution in [2.75, 3.05) is 17.7 Å². The highest BCUT2D eigenvalue weighted by molar-refractivity contribution is 9.10. The summed E-state index contributed by atoms with van der Waals surface area (Å²) in [5.74, 6) is -0.897. The van der Waals surface area contributed by atoms with Gasteiger partial charge in [0.05, 0.1) is 11.4 Å². The molecule has 0 aliphatic carbocycles. The molecule has 0 radical (unpaired) electrons. The first-order chi connectivity index (χ1) is 15.8. The summed E-state index contributed by atoms with van der Waals surface area (Å²) in [6.45, 7) is 0.949. The van der Waals surface area contributed by atoms with E-state index in [1.54, 1.807) is 0 Å². The first-order valence-corrected chi connectivity index (χ1v) is 12.8. The van der Waals surface area contributed by atoms with Crippen molar-refractivity contribution >= 4 is 76.7 Å². The van der Waals surface area contributed by atoms with Crippen molar-refractivity contribution in [1.29, 1.82) is 0 Å². The minimum atomic E-state index is -0.491. The van der Waals surface area contributed by atoms with Crippen molar-refractivity contribution in [2.24, 2.45) is 0 Å². The standard InChI is InChI=1S/C13H11BrN2O3S.C9H7BrN2S/c1-8(17)19-6-12(18)16-13-15-11(7-20-13)9-2-4-10(14)5-3-9;10-7-3-1-6(2-4-7)8-5-13-9(11)12-8/h2-5,7H,6H2,1H3,(H,15,16,18);1-5H,(H2,11,12). The Morgan fingerprint density at radius 3 is 1.91 bits per heavy atom. The van der Waals surface area contributed by atoms with Crippen LogP contribution < -0.4 is 11.1 Å². The second-order valence-corrected chi connectivity index (χ2v) is 10.0. The number of halogens is 2. The highest BCUT2D eigenvalue weighted by Crippen LogP contribution is 2.26. The molecule has 0 bridgehead atoms. The normalized spacial score (nSPS) is 10.2. The van der Waals surface area contributed by atoms with Gasteiger partial charge in [0, 0.05) is 37.8 Å². The number of hydrogen-bond donors (Lipinski definition) is 2. The maximum absolute atomic E-state index is 11.5. The Bertz CT molecular complexity index is 1230. The van der Waals surface area contributed by atoms with E-state index in [1.807, 2.05) is 59.3 Å². The minimum absolute atomic E-state index is 0.303. The van der Waals surface area contributed by atoms with Crippen LogP contribution in [-0.2, 0) is 14.3 Å². The molecule has 7 nitrogen and oxygen atoms in total. The fourth-order valence-corrected chi connectivity index (χ4v) is 4.28. The van der Waals surface area contributed by atoms with E-state index in [9.17, 15) is 9.59 Å². The van der Waals surface area contributed by atoms with Gasteiger partial charge in [-0.2, -0.15) is 0 Å². The molecule has 0 saturated heterocycles. The zero-order valence-corrected chi connectivity index (χ0v) is 22.1. The second-order valence-electron chi connectivity index (χ2n) is 6.45. The van der Waals surface area contributed by atoms with Crippen molar-refractivity contribution in [3.63, 3.8) is 0 Å². The number of nitrogens with two attached hydrogens (primary N) is 1. The van der Waals surface area contributed by atoms with Gasteiger partial charge in [-0.1, -0.05) is 56.1 Å². The third-order valence-electron chi connectivity index (χ3n) is 3.96. The van der Waals surface area contributed by atoms with Crippen LogP contribution in [0.2, 0.25) is 0 Å². The van der Waals surface area contributed by atoms with E-state index in [1.165, 1.54) is 29.6 Å². The predicted molar refractivity (Wildman–Crippen MR) is 140 cm³/mol. The van der Waals surface area contributed by atoms with Gasteiger partial charge in [0.15, 0.2) is 16.9 Å². The number of thiazole rings is 2. The number of nitrogens with zero attached hydrogens (tertiary/aromatic N) is 2. The molecular formula is C22H18Br2N4O3S2. The third-order valence-corrected chi connectivity index (χ3v) is 6.45. The number of rotatable bonds is 5. The van der Waals surface area contributed by atoms with Gasteiger partial charge in [0.25, 0.3) is 5.91 Å². The summed E-state index contributed by atoms with van der Waals surface area (Å²) in [5.41, 5.74) is 9.32. The zero-order valence-electron chi connectivity index (χ0n) is 17.2. The highest BCUT2D eigenvalue weighted by Gasteiger charge is 2.09. The van der Waals surface area contributed by atoms with Crippen LogP contribution in [0.3, 0.4) is 0 Å². The quantitative estimate of drug-likeness (QED) is 0.260. The van der Waals surface area contributed by atoms with Crippen LogP contribution in [-0.4, -0.2) is 28.5 Å². The summed E-state index contributed by atoms with van der Waals surface area (Å²) < 4.78 is 6.66. The average molecular weight is 610 g/mol. The van der Waals surface area contributed by atoms with E-state index in [0.29, 0.717) is 10.3 Å². The minimum Gasteiger partial charge on any atom is -0.456 e. The Morgan fingerprint density at radius 1 is 0.909 bits per heavy atom. The number of nitrogens with one attached hydrogen (secondary N) is 1. The average Bonchev–Trinajstić information content (AvgIpc) is 3.43. The van der Waals surface area contributed by atoms with E-state index in [2.05, 4.69) is 51.9 Å². The summed E-state index contributed by atoms with van der Waals surface area (Å²) in [7, 11) is 0. The Kier molecular flexibility index (Phi) is 9.12. The Labute approximate surface area is 215 Å². The smallest absolute Gasteiger partial charge is 0.303 e. The first kappa shape index (κ1) is 25.0. The molecule has 2 aromatic heterocycles. The van der Waals surface area contributed by atoms with Crippen molar-refractivity contribution in [2.45, 2.75) is 6.92 Å². The van der Waals surface area contributed by atoms with E-state index >= 15 is 0 Å². The molecule has 2 heterocycles. The summed E-state index contributed by atoms with van der Waals surface area (Å²) >= 11 is 9.52. The van der Waals surface area contributed by atoms with Gasteiger partial charge in [0.2, 0.25) is 0 Å². The zero-order chi connectivity index (χ0) is 23.8. The lowest BCUT2D eigenvalue weighted by Crippen LogP contribution is -2.19. The van der Waals surface area contributed by atoms with Crippen LogP contribution in [0.4, 0.5) is 10.3 Å². The molecular weight excluding hydrogens is 592 g/mol. The molecule has 0 aliphatic rings. The van der Waals surface area contributed by atoms with Gasteiger partial charge in [0.1, 0.15) is 0 Å². The van der Waals surface area contributed by atoms with Gasteiger partial charge in [-0.05, 0) is 24.3 Å². The first-order valence-electron chi connectivity index (χ1n) is 9.42. The number of ether oxygens (including phenoxy) is 1. The van der Waals surface area contributed by atoms with Crippen molar-refractivity contribution in [3.8, 4) is 22.5 Å². The molecule has 0 fully saturated rings. The number of hydrogen-bond acceptors (Lipinski definition) is 8. The number of esters is 1. The summed E-state index contributed by atoms with van der Waals surface area (Å²) in [6.07, 6.45) is 0. The van der Waals surface area contributed by atoms with Gasteiger partial charge in [-0.15, -0.1) is 22.7 Å². The van der Waals surface area contributed by atoms with Crippen LogP contribution in [0.5, 0.6) is 0 Å². The molecule has 0 atom stereocenters. The number of aromatic nitrogens is 2. The van der Waals surface area contributed by atoms with Crippen LogP contribution in [0.15, 0.2) is 68.2 Å². The molecule has 0 unspecified atom stereocenters. The molecule has 0 saturated carbocycles. The number of carbonyl (C=O) groups is 2. The van der Waals surface area contributed by atoms with Crippen LogP contribution in [0.1, 0.15) is 6.92 Å². The van der Waals surface area contributed by atoms with Gasteiger partial charge < -0.3 is 10.5 Å². The maximum Gasteiger partial charge on any atom is 0.303 e. The molecule has 4 rings (SSSR count). The van der Waals surface area contributed by atoms with Gasteiger partial charge in [-0.3, -0.25) is 14.9 Å². The molecule has 4 aromatic rings. The molecule has 0 aliphatic heterocycles. The predicted octanol–water partition coefficient (Wildman–Crippen LogP) is 6.23. The lowest BCUT2D eigenvalue weighted by Gasteiger charge is -2.01. The molecule has 2 aromatic carbocycles. The fourth-order valence-electron chi connectivity index (χ4n) is 2.45. The molecule has 170 valence electrons. The molecule has 0 spiro atoms. The number of anilines is 2. The van der Waals surface area contributed by atoms with Crippen molar-refractivity contribution in [1.82, 2.24) is 9.97 Å². The Hall–Kier alpha value is -2.60. The molecule has 3 N–H and O–H groups in total. The molecule has 33 heavy (non-hydrogen) atoms. The third kappa shape index (κ3) is 8.04. The maximum atomic E-state index is 11.5. The van der Waals surface area contributed by atoms with Crippen molar-refractivity contribution in [3.05, 3.63) is 68.2 Å². The number of amides is 1. The number of carbonyl (C=O) groups excluding carboxylic acids is 2. The topological polar surface area (TPSA) is 107 Å². The monoisotopic (exact) mass is 608 g/mol. The lowest BCUT2D eigenvalue weighted by molar-refractivity contribution is -0.144. The second kappa shape index (κ2) is 12.0. The van der Waals surface area contributed by atoms with E-state index in [-0.39, 0.29) is 6.61 Å². The van der Waals surface area contributed by atoms with Gasteiger partial charge in [-0.25, -0.2) is 9.97 Å². The van der Waals surface area contributed by atoms with E-state index < -0.39 is 11.9 Å². The number of benzene rings is 2. The van der Waals surface area contributed by atoms with Crippen LogP contribution in [0, 0.1) is 0 Å². The Morgan fingerprint density at radius 2 is 1.42 bits per heavy atom. The number of nitrogen functional groups attached to an aromatic ring is 1. The van der Waals surface area contributed by atoms with Crippen LogP contribution in [0.25, 0.3) is 22.5 Å². The summed E-state index contributed by atoms with van der Waals surface area (Å²) in [5, 5.41) is 7.47. The SMILES string of the molecule is CC(=O)OCC(=O)Nc1nc(-c2ccc(Br)cc2)cs1.Nc1nc(-c2ccc(Br)cc2)cs1. The van der Waals surface area contributed by atoms with Gasteiger partial charge >= 0.3 is 5.97 Å².